The molecule has 0 spiro atoms. The van der Waals surface area contributed by atoms with Gasteiger partial charge in [0.1, 0.15) is 5.52 Å². The van der Waals surface area contributed by atoms with Crippen LogP contribution in [-0.4, -0.2) is 23.1 Å². The number of benzene rings is 1. The van der Waals surface area contributed by atoms with Crippen LogP contribution in [0.5, 0.6) is 0 Å². The maximum absolute atomic E-state index is 13.1. The minimum absolute atomic E-state index is 0.111. The normalized spacial score (nSPS) is 11.8. The summed E-state index contributed by atoms with van der Waals surface area (Å²) in [5, 5.41) is 2.82. The highest BCUT2D eigenvalue weighted by Crippen LogP contribution is 2.37. The molecule has 0 aliphatic rings. The van der Waals surface area contributed by atoms with Gasteiger partial charge in [0, 0.05) is 24.8 Å². The quantitative estimate of drug-likeness (QED) is 0.771. The Morgan fingerprint density at radius 1 is 1.22 bits per heavy atom. The summed E-state index contributed by atoms with van der Waals surface area (Å²) in [6.45, 7) is 0.748. The van der Waals surface area contributed by atoms with Gasteiger partial charge >= 0.3 is 6.18 Å². The van der Waals surface area contributed by atoms with Crippen molar-refractivity contribution in [2.24, 2.45) is 5.73 Å². The maximum atomic E-state index is 13.1. The average molecular weight is 322 g/mol. The molecule has 0 saturated carbocycles. The molecule has 120 valence electrons. The number of nitrogens with two attached hydrogens (primary N) is 1. The van der Waals surface area contributed by atoms with Crippen LogP contribution in [-0.2, 0) is 6.18 Å². The molecule has 0 saturated heterocycles. The van der Waals surface area contributed by atoms with Crippen molar-refractivity contribution in [1.82, 2.24) is 9.97 Å². The number of aromatic nitrogens is 2. The Labute approximate surface area is 129 Å². The van der Waals surface area contributed by atoms with Crippen molar-refractivity contribution in [1.29, 1.82) is 0 Å². The number of anilines is 1. The number of fused-ring (bicyclic) bond motifs is 1. The number of oxazole rings is 1. The van der Waals surface area contributed by atoms with Crippen LogP contribution < -0.4 is 11.1 Å². The number of rotatable bonds is 4. The smallest absolute Gasteiger partial charge is 0.416 e. The van der Waals surface area contributed by atoms with Gasteiger partial charge in [-0.25, -0.2) is 0 Å². The number of pyridine rings is 1. The van der Waals surface area contributed by atoms with Gasteiger partial charge < -0.3 is 15.5 Å². The van der Waals surface area contributed by atoms with E-state index in [1.54, 1.807) is 18.2 Å². The minimum Gasteiger partial charge on any atom is -0.423 e. The zero-order chi connectivity index (χ0) is 16.4. The highest BCUT2D eigenvalue weighted by Gasteiger charge is 2.32. The first kappa shape index (κ1) is 15.3. The van der Waals surface area contributed by atoms with E-state index in [2.05, 4.69) is 15.3 Å². The molecule has 5 nitrogen and oxygen atoms in total. The number of hydrogen-bond donors (Lipinski definition) is 2. The minimum atomic E-state index is -4.48. The van der Waals surface area contributed by atoms with Crippen molar-refractivity contribution in [2.75, 3.05) is 18.4 Å². The molecule has 0 atom stereocenters. The van der Waals surface area contributed by atoms with E-state index >= 15 is 0 Å². The van der Waals surface area contributed by atoms with E-state index in [4.69, 9.17) is 10.2 Å². The van der Waals surface area contributed by atoms with Crippen LogP contribution in [0.3, 0.4) is 0 Å². The van der Waals surface area contributed by atoms with Crippen LogP contribution >= 0.6 is 0 Å². The van der Waals surface area contributed by atoms with Crippen LogP contribution in [0.15, 0.2) is 40.9 Å². The van der Waals surface area contributed by atoms with Gasteiger partial charge in [-0.2, -0.15) is 18.2 Å². The molecule has 23 heavy (non-hydrogen) atoms. The van der Waals surface area contributed by atoms with Crippen molar-refractivity contribution in [3.05, 3.63) is 42.1 Å². The third-order valence-corrected chi connectivity index (χ3v) is 3.18. The molecule has 2 heterocycles. The number of hydrogen-bond acceptors (Lipinski definition) is 5. The van der Waals surface area contributed by atoms with Crippen molar-refractivity contribution >= 4 is 17.1 Å². The van der Waals surface area contributed by atoms with E-state index in [0.717, 1.165) is 12.1 Å². The molecule has 3 N–H and O–H groups in total. The second-order valence-corrected chi connectivity index (χ2v) is 4.82. The summed E-state index contributed by atoms with van der Waals surface area (Å²) in [6.07, 6.45) is -2.98. The molecular weight excluding hydrogens is 309 g/mol. The van der Waals surface area contributed by atoms with Crippen LogP contribution in [0, 0.1) is 0 Å². The van der Waals surface area contributed by atoms with Crippen molar-refractivity contribution in [2.45, 2.75) is 6.18 Å². The summed E-state index contributed by atoms with van der Waals surface area (Å²) < 4.78 is 44.9. The van der Waals surface area contributed by atoms with Gasteiger partial charge in [0.2, 0.25) is 0 Å². The fourth-order valence-electron chi connectivity index (χ4n) is 2.16. The standard InChI is InChI=1S/C15H13F3N4O/c16-15(17,18)9-7-10(11-3-1-2-5-20-11)13-12(8-9)22-14(23-13)21-6-4-19/h1-3,5,7-8H,4,6,19H2,(H,21,22). The van der Waals surface area contributed by atoms with E-state index in [1.807, 2.05) is 0 Å². The molecule has 0 aliphatic carbocycles. The Bertz CT molecular complexity index is 815. The zero-order valence-electron chi connectivity index (χ0n) is 11.9. The first-order valence-electron chi connectivity index (χ1n) is 6.86. The van der Waals surface area contributed by atoms with Gasteiger partial charge in [0.25, 0.3) is 6.01 Å². The van der Waals surface area contributed by atoms with Gasteiger partial charge in [-0.1, -0.05) is 6.07 Å². The highest BCUT2D eigenvalue weighted by molar-refractivity contribution is 5.91. The fraction of sp³-hybridized carbons (Fsp3) is 0.200. The zero-order valence-corrected chi connectivity index (χ0v) is 11.9. The van der Waals surface area contributed by atoms with E-state index in [9.17, 15) is 13.2 Å². The Kier molecular flexibility index (Phi) is 3.91. The summed E-state index contributed by atoms with van der Waals surface area (Å²) in [5.41, 5.74) is 5.56. The summed E-state index contributed by atoms with van der Waals surface area (Å²) in [5.74, 6) is 0. The number of nitrogens with zero attached hydrogens (tertiary/aromatic N) is 2. The van der Waals surface area contributed by atoms with Crippen molar-refractivity contribution in [3.63, 3.8) is 0 Å². The predicted molar refractivity (Wildman–Crippen MR) is 79.8 cm³/mol. The van der Waals surface area contributed by atoms with Gasteiger partial charge in [0.15, 0.2) is 5.58 Å². The molecule has 0 radical (unpaired) electrons. The summed E-state index contributed by atoms with van der Waals surface area (Å²) in [6, 6.07) is 7.09. The van der Waals surface area contributed by atoms with E-state index in [1.165, 1.54) is 6.20 Å². The largest absolute Gasteiger partial charge is 0.423 e. The number of alkyl halides is 3. The first-order chi connectivity index (χ1) is 11.0. The highest BCUT2D eigenvalue weighted by atomic mass is 19.4. The maximum Gasteiger partial charge on any atom is 0.416 e. The monoisotopic (exact) mass is 322 g/mol. The number of halogens is 3. The average Bonchev–Trinajstić information content (AvgIpc) is 2.94. The second-order valence-electron chi connectivity index (χ2n) is 4.82. The second kappa shape index (κ2) is 5.88. The van der Waals surface area contributed by atoms with Crippen LogP contribution in [0.25, 0.3) is 22.4 Å². The lowest BCUT2D eigenvalue weighted by Gasteiger charge is -2.08. The van der Waals surface area contributed by atoms with Gasteiger partial charge in [0.05, 0.1) is 11.3 Å². The number of nitrogens with one attached hydrogen (secondary N) is 1. The van der Waals surface area contributed by atoms with E-state index in [0.29, 0.717) is 18.8 Å². The van der Waals surface area contributed by atoms with Gasteiger partial charge in [-0.05, 0) is 24.3 Å². The van der Waals surface area contributed by atoms with Crippen molar-refractivity contribution < 1.29 is 17.6 Å². The first-order valence-corrected chi connectivity index (χ1v) is 6.86. The lowest BCUT2D eigenvalue weighted by molar-refractivity contribution is -0.137. The topological polar surface area (TPSA) is 77.0 Å². The molecule has 8 heteroatoms. The Morgan fingerprint density at radius 2 is 2.04 bits per heavy atom. The third kappa shape index (κ3) is 3.11. The molecule has 2 aromatic heterocycles. The van der Waals surface area contributed by atoms with Gasteiger partial charge in [-0.3, -0.25) is 4.98 Å². The molecule has 0 amide bonds. The summed E-state index contributed by atoms with van der Waals surface area (Å²) >= 11 is 0. The third-order valence-electron chi connectivity index (χ3n) is 3.18. The molecule has 0 bridgehead atoms. The molecule has 0 aliphatic heterocycles. The SMILES string of the molecule is NCCNc1nc2cc(C(F)(F)F)cc(-c3ccccn3)c2o1. The Hall–Kier alpha value is -2.61. The van der Waals surface area contributed by atoms with E-state index in [-0.39, 0.29) is 22.7 Å². The molecular formula is C15H13F3N4O. The Balaban J connectivity index is 2.20. The van der Waals surface area contributed by atoms with Crippen LogP contribution in [0.2, 0.25) is 0 Å². The van der Waals surface area contributed by atoms with Gasteiger partial charge in [-0.15, -0.1) is 0 Å². The van der Waals surface area contributed by atoms with E-state index < -0.39 is 11.7 Å². The molecule has 1 aromatic carbocycles. The Morgan fingerprint density at radius 3 is 2.70 bits per heavy atom. The summed E-state index contributed by atoms with van der Waals surface area (Å²) in [4.78, 5) is 8.15. The van der Waals surface area contributed by atoms with Crippen LogP contribution in [0.4, 0.5) is 19.2 Å². The summed E-state index contributed by atoms with van der Waals surface area (Å²) in [7, 11) is 0. The predicted octanol–water partition coefficient (Wildman–Crippen LogP) is 3.28. The molecule has 0 unspecified atom stereocenters. The van der Waals surface area contributed by atoms with Crippen molar-refractivity contribution in [3.8, 4) is 11.3 Å². The van der Waals surface area contributed by atoms with Crippen LogP contribution in [0.1, 0.15) is 5.56 Å². The molecule has 3 aromatic rings. The lowest BCUT2D eigenvalue weighted by Crippen LogP contribution is -2.13. The fourth-order valence-corrected chi connectivity index (χ4v) is 2.16. The molecule has 0 fully saturated rings. The lowest BCUT2D eigenvalue weighted by atomic mass is 10.1. The molecule has 3 rings (SSSR count).